The number of rotatable bonds is 6. The molecular formula is C21H20F3N3O3. The lowest BCUT2D eigenvalue weighted by atomic mass is 10.1. The highest BCUT2D eigenvalue weighted by Gasteiger charge is 2.33. The smallest absolute Gasteiger partial charge is 0.418 e. The van der Waals surface area contributed by atoms with Crippen molar-refractivity contribution in [3.05, 3.63) is 65.5 Å². The van der Waals surface area contributed by atoms with E-state index in [1.165, 1.54) is 18.2 Å². The number of amides is 2. The van der Waals surface area contributed by atoms with Crippen molar-refractivity contribution in [1.82, 2.24) is 10.3 Å². The maximum atomic E-state index is 13.0. The van der Waals surface area contributed by atoms with Crippen molar-refractivity contribution in [3.63, 3.8) is 0 Å². The van der Waals surface area contributed by atoms with Crippen molar-refractivity contribution in [2.45, 2.75) is 26.6 Å². The summed E-state index contributed by atoms with van der Waals surface area (Å²) in [7, 11) is 0. The van der Waals surface area contributed by atoms with Crippen molar-refractivity contribution in [1.29, 1.82) is 0 Å². The second-order valence-electron chi connectivity index (χ2n) is 6.33. The van der Waals surface area contributed by atoms with E-state index < -0.39 is 17.8 Å². The predicted octanol–water partition coefficient (Wildman–Crippen LogP) is 5.39. The fraction of sp³-hybridized carbons (Fsp3) is 0.238. The van der Waals surface area contributed by atoms with Gasteiger partial charge >= 0.3 is 12.2 Å². The van der Waals surface area contributed by atoms with Crippen LogP contribution in [-0.4, -0.2) is 17.6 Å². The Morgan fingerprint density at radius 3 is 2.50 bits per heavy atom. The summed E-state index contributed by atoms with van der Waals surface area (Å²) in [5.41, 5.74) is -0.0421. The molecule has 0 atom stereocenters. The Morgan fingerprint density at radius 1 is 1.13 bits per heavy atom. The summed E-state index contributed by atoms with van der Waals surface area (Å²) in [5, 5.41) is 4.72. The first-order chi connectivity index (χ1) is 14.3. The zero-order chi connectivity index (χ0) is 21.7. The first kappa shape index (κ1) is 21.2. The van der Waals surface area contributed by atoms with E-state index >= 15 is 0 Å². The quantitative estimate of drug-likeness (QED) is 0.562. The van der Waals surface area contributed by atoms with Crippen LogP contribution in [0.5, 0.6) is 5.75 Å². The molecule has 6 nitrogen and oxygen atoms in total. The Labute approximate surface area is 171 Å². The molecule has 2 N–H and O–H groups in total. The summed E-state index contributed by atoms with van der Waals surface area (Å²) in [6.07, 6.45) is -4.57. The van der Waals surface area contributed by atoms with Crippen LogP contribution in [0.3, 0.4) is 0 Å². The average molecular weight is 419 g/mol. The van der Waals surface area contributed by atoms with Gasteiger partial charge in [-0.15, -0.1) is 0 Å². The molecular weight excluding hydrogens is 399 g/mol. The fourth-order valence-corrected chi connectivity index (χ4v) is 2.75. The van der Waals surface area contributed by atoms with Gasteiger partial charge in [-0.25, -0.2) is 9.78 Å². The number of hydrogen-bond donors (Lipinski definition) is 2. The van der Waals surface area contributed by atoms with Crippen LogP contribution in [0.15, 0.2) is 52.9 Å². The third kappa shape index (κ3) is 5.11. The van der Waals surface area contributed by atoms with E-state index in [1.807, 2.05) is 6.92 Å². The average Bonchev–Trinajstić information content (AvgIpc) is 3.07. The highest BCUT2D eigenvalue weighted by Crippen LogP contribution is 2.34. The minimum Gasteiger partial charge on any atom is -0.494 e. The van der Waals surface area contributed by atoms with E-state index in [0.29, 0.717) is 24.0 Å². The topological polar surface area (TPSA) is 76.4 Å². The van der Waals surface area contributed by atoms with Crippen molar-refractivity contribution in [3.8, 4) is 17.2 Å². The van der Waals surface area contributed by atoms with E-state index in [2.05, 4.69) is 15.6 Å². The Hall–Kier alpha value is -3.49. The minimum absolute atomic E-state index is 0.00756. The van der Waals surface area contributed by atoms with E-state index in [1.54, 1.807) is 31.2 Å². The van der Waals surface area contributed by atoms with E-state index in [0.717, 1.165) is 17.4 Å². The number of urea groups is 1. The van der Waals surface area contributed by atoms with Crippen LogP contribution in [0.1, 0.15) is 23.9 Å². The highest BCUT2D eigenvalue weighted by molar-refractivity contribution is 5.90. The van der Waals surface area contributed by atoms with E-state index in [4.69, 9.17) is 9.15 Å². The van der Waals surface area contributed by atoms with Crippen LogP contribution >= 0.6 is 0 Å². The summed E-state index contributed by atoms with van der Waals surface area (Å²) < 4.78 is 50.1. The molecule has 30 heavy (non-hydrogen) atoms. The number of ether oxygens (including phenoxy) is 1. The molecule has 0 radical (unpaired) electrons. The monoisotopic (exact) mass is 419 g/mol. The number of halogens is 3. The molecule has 1 heterocycles. The number of benzene rings is 2. The van der Waals surface area contributed by atoms with Gasteiger partial charge in [0.2, 0.25) is 5.89 Å². The van der Waals surface area contributed by atoms with Crippen molar-refractivity contribution >= 4 is 11.7 Å². The molecule has 0 aliphatic rings. The molecule has 0 aliphatic heterocycles. The number of hydrogen-bond acceptors (Lipinski definition) is 4. The van der Waals surface area contributed by atoms with Gasteiger partial charge < -0.3 is 19.8 Å². The lowest BCUT2D eigenvalue weighted by molar-refractivity contribution is -0.136. The molecule has 0 saturated heterocycles. The van der Waals surface area contributed by atoms with Crippen LogP contribution in [0, 0.1) is 6.92 Å². The number of carbonyl (C=O) groups is 1. The molecule has 0 unspecified atom stereocenters. The first-order valence-corrected chi connectivity index (χ1v) is 9.18. The number of nitrogens with zero attached hydrogens (tertiary/aromatic N) is 1. The summed E-state index contributed by atoms with van der Waals surface area (Å²) in [4.78, 5) is 16.5. The van der Waals surface area contributed by atoms with Crippen molar-refractivity contribution in [2.75, 3.05) is 11.9 Å². The third-order valence-electron chi connectivity index (χ3n) is 4.20. The molecule has 0 aliphatic carbocycles. The van der Waals surface area contributed by atoms with Crippen LogP contribution in [0.2, 0.25) is 0 Å². The van der Waals surface area contributed by atoms with Gasteiger partial charge in [0.1, 0.15) is 17.2 Å². The molecule has 0 saturated carbocycles. The Kier molecular flexibility index (Phi) is 6.29. The van der Waals surface area contributed by atoms with Gasteiger partial charge in [-0.1, -0.05) is 12.1 Å². The Morgan fingerprint density at radius 2 is 1.83 bits per heavy atom. The summed E-state index contributed by atoms with van der Waals surface area (Å²) >= 11 is 0. The van der Waals surface area contributed by atoms with Gasteiger partial charge in [-0.3, -0.25) is 0 Å². The minimum atomic E-state index is -4.57. The van der Waals surface area contributed by atoms with E-state index in [-0.39, 0.29) is 12.2 Å². The number of aryl methyl sites for hydroxylation is 1. The number of nitrogens with one attached hydrogen (secondary N) is 2. The van der Waals surface area contributed by atoms with Gasteiger partial charge in [0, 0.05) is 5.56 Å². The number of anilines is 1. The van der Waals surface area contributed by atoms with Crippen molar-refractivity contribution in [2.24, 2.45) is 0 Å². The number of aromatic nitrogens is 1. The van der Waals surface area contributed by atoms with Crippen LogP contribution in [0.25, 0.3) is 11.5 Å². The fourth-order valence-electron chi connectivity index (χ4n) is 2.75. The third-order valence-corrected chi connectivity index (χ3v) is 4.20. The molecule has 1 aromatic heterocycles. The Balaban J connectivity index is 1.65. The van der Waals surface area contributed by atoms with Gasteiger partial charge in [0.25, 0.3) is 0 Å². The molecule has 2 amide bonds. The summed E-state index contributed by atoms with van der Waals surface area (Å²) in [6.45, 7) is 4.14. The highest BCUT2D eigenvalue weighted by atomic mass is 19.4. The van der Waals surface area contributed by atoms with Crippen LogP contribution in [0.4, 0.5) is 23.7 Å². The molecule has 3 rings (SSSR count). The molecule has 158 valence electrons. The standard InChI is InChI=1S/C21H20F3N3O3/c1-3-29-15-10-8-14(9-11-15)19-26-18(13(2)30-19)12-25-20(28)27-17-7-5-4-6-16(17)21(22,23)24/h4-11H,3,12H2,1-2H3,(H2,25,27,28). The van der Waals surface area contributed by atoms with Crippen LogP contribution in [-0.2, 0) is 12.7 Å². The van der Waals surface area contributed by atoms with Crippen molar-refractivity contribution < 1.29 is 27.1 Å². The lowest BCUT2D eigenvalue weighted by Crippen LogP contribution is -2.29. The zero-order valence-corrected chi connectivity index (χ0v) is 16.3. The summed E-state index contributed by atoms with van der Waals surface area (Å²) in [5.74, 6) is 1.59. The Bertz CT molecular complexity index is 1010. The van der Waals surface area contributed by atoms with Gasteiger partial charge in [-0.2, -0.15) is 13.2 Å². The molecule has 0 fully saturated rings. The number of alkyl halides is 3. The van der Waals surface area contributed by atoms with E-state index in [9.17, 15) is 18.0 Å². The largest absolute Gasteiger partial charge is 0.494 e. The predicted molar refractivity (Wildman–Crippen MR) is 105 cm³/mol. The maximum Gasteiger partial charge on any atom is 0.418 e. The van der Waals surface area contributed by atoms with Gasteiger partial charge in [0.05, 0.1) is 24.4 Å². The van der Waals surface area contributed by atoms with Crippen LogP contribution < -0.4 is 15.4 Å². The number of oxazole rings is 1. The molecule has 0 spiro atoms. The van der Waals surface area contributed by atoms with Gasteiger partial charge in [0.15, 0.2) is 0 Å². The molecule has 9 heteroatoms. The SMILES string of the molecule is CCOc1ccc(-c2nc(CNC(=O)Nc3ccccc3C(F)(F)F)c(C)o2)cc1. The maximum absolute atomic E-state index is 13.0. The molecule has 0 bridgehead atoms. The summed E-state index contributed by atoms with van der Waals surface area (Å²) in [6, 6.07) is 11.2. The normalized spacial score (nSPS) is 11.2. The first-order valence-electron chi connectivity index (χ1n) is 9.18. The zero-order valence-electron chi connectivity index (χ0n) is 16.3. The second kappa shape index (κ2) is 8.89. The van der Waals surface area contributed by atoms with Gasteiger partial charge in [-0.05, 0) is 50.2 Å². The number of para-hydroxylation sites is 1. The molecule has 2 aromatic carbocycles. The lowest BCUT2D eigenvalue weighted by Gasteiger charge is -2.13. The number of carbonyl (C=O) groups excluding carboxylic acids is 1. The second-order valence-corrected chi connectivity index (χ2v) is 6.33. The molecule has 3 aromatic rings.